The first kappa shape index (κ1) is 24.4. The van der Waals surface area contributed by atoms with Crippen LogP contribution in [-0.2, 0) is 14.3 Å². The third-order valence-electron chi connectivity index (χ3n) is 8.10. The molecule has 3 aliphatic carbocycles. The highest BCUT2D eigenvalue weighted by molar-refractivity contribution is 6.30. The zero-order chi connectivity index (χ0) is 25.5. The standard InChI is InChI=1S/C30H28Cl2N2O3/c31-23-10-5-18(6-11-23)14-22-2-1-3-25-28(22)33-34(29(25)20-8-12-24(32)13-9-20)27(35)17-37-30(36)26-16-19-4-7-21(26)15-19/h4-14,19,21,25-26,29H,1-3,15-17H2/b22-14+. The zero-order valence-corrected chi connectivity index (χ0v) is 21.9. The van der Waals surface area contributed by atoms with Crippen molar-refractivity contribution in [2.75, 3.05) is 6.61 Å². The number of allylic oxidation sites excluding steroid dienone is 3. The van der Waals surface area contributed by atoms with Crippen LogP contribution in [0.2, 0.25) is 10.0 Å². The van der Waals surface area contributed by atoms with E-state index in [4.69, 9.17) is 33.0 Å². The van der Waals surface area contributed by atoms with Gasteiger partial charge in [0.1, 0.15) is 0 Å². The van der Waals surface area contributed by atoms with Gasteiger partial charge in [0.25, 0.3) is 5.91 Å². The molecule has 1 amide bonds. The van der Waals surface area contributed by atoms with Gasteiger partial charge in [0.2, 0.25) is 0 Å². The molecule has 6 rings (SSSR count). The van der Waals surface area contributed by atoms with Gasteiger partial charge in [-0.3, -0.25) is 9.59 Å². The SMILES string of the molecule is O=C(OCC(=O)N1N=C2/C(=C/c3ccc(Cl)cc3)CCCC2C1c1ccc(Cl)cc1)C1CC2C=CC1C2. The van der Waals surface area contributed by atoms with Crippen molar-refractivity contribution in [3.05, 3.63) is 87.4 Å². The molecule has 7 heteroatoms. The molecule has 1 heterocycles. The Kier molecular flexibility index (Phi) is 6.68. The van der Waals surface area contributed by atoms with Gasteiger partial charge in [0.15, 0.2) is 6.61 Å². The van der Waals surface area contributed by atoms with Crippen molar-refractivity contribution in [2.45, 2.75) is 38.1 Å². The molecular formula is C30H28Cl2N2O3. The Labute approximate surface area is 226 Å². The molecule has 5 nitrogen and oxygen atoms in total. The van der Waals surface area contributed by atoms with Crippen molar-refractivity contribution in [3.63, 3.8) is 0 Å². The smallest absolute Gasteiger partial charge is 0.310 e. The topological polar surface area (TPSA) is 59.0 Å². The summed E-state index contributed by atoms with van der Waals surface area (Å²) in [4.78, 5) is 26.3. The molecule has 5 unspecified atom stereocenters. The molecule has 0 N–H and O–H groups in total. The van der Waals surface area contributed by atoms with Crippen LogP contribution in [0.1, 0.15) is 49.3 Å². The third kappa shape index (κ3) is 4.87. The van der Waals surface area contributed by atoms with Crippen LogP contribution >= 0.6 is 23.2 Å². The molecular weight excluding hydrogens is 507 g/mol. The summed E-state index contributed by atoms with van der Waals surface area (Å²) >= 11 is 12.2. The number of halogens is 2. The normalized spacial score (nSPS) is 28.9. The Balaban J connectivity index is 1.26. The van der Waals surface area contributed by atoms with Crippen molar-refractivity contribution in [1.29, 1.82) is 0 Å². The van der Waals surface area contributed by atoms with E-state index in [1.54, 1.807) is 0 Å². The lowest BCUT2D eigenvalue weighted by Gasteiger charge is -2.29. The minimum atomic E-state index is -0.306. The van der Waals surface area contributed by atoms with E-state index in [1.807, 2.05) is 48.5 Å². The number of rotatable bonds is 5. The van der Waals surface area contributed by atoms with E-state index in [0.717, 1.165) is 54.5 Å². The molecule has 4 aliphatic rings. The fourth-order valence-electron chi connectivity index (χ4n) is 6.32. The third-order valence-corrected chi connectivity index (χ3v) is 8.60. The molecule has 2 saturated carbocycles. The number of nitrogens with zero attached hydrogens (tertiary/aromatic N) is 2. The zero-order valence-electron chi connectivity index (χ0n) is 20.4. The minimum Gasteiger partial charge on any atom is -0.455 e. The van der Waals surface area contributed by atoms with Crippen LogP contribution in [-0.4, -0.2) is 29.2 Å². The summed E-state index contributed by atoms with van der Waals surface area (Å²) in [6.07, 6.45) is 11.1. The van der Waals surface area contributed by atoms with Crippen LogP contribution in [0.5, 0.6) is 0 Å². The highest BCUT2D eigenvalue weighted by Gasteiger charge is 2.45. The van der Waals surface area contributed by atoms with Crippen molar-refractivity contribution >= 4 is 46.9 Å². The summed E-state index contributed by atoms with van der Waals surface area (Å²) < 4.78 is 5.56. The molecule has 190 valence electrons. The number of hydrogen-bond donors (Lipinski definition) is 0. The number of ether oxygens (including phenoxy) is 1. The van der Waals surface area contributed by atoms with Gasteiger partial charge in [-0.15, -0.1) is 0 Å². The van der Waals surface area contributed by atoms with Gasteiger partial charge < -0.3 is 4.74 Å². The van der Waals surface area contributed by atoms with Gasteiger partial charge in [-0.05, 0) is 91.0 Å². The number of amides is 1. The van der Waals surface area contributed by atoms with E-state index < -0.39 is 0 Å². The van der Waals surface area contributed by atoms with E-state index in [1.165, 1.54) is 5.01 Å². The van der Waals surface area contributed by atoms with Crippen molar-refractivity contribution in [1.82, 2.24) is 5.01 Å². The van der Waals surface area contributed by atoms with Gasteiger partial charge in [0, 0.05) is 16.0 Å². The predicted octanol–water partition coefficient (Wildman–Crippen LogP) is 6.87. The first-order chi connectivity index (χ1) is 18.0. The number of carbonyl (C=O) groups is 2. The monoisotopic (exact) mass is 534 g/mol. The number of fused-ring (bicyclic) bond motifs is 3. The number of hydrogen-bond acceptors (Lipinski definition) is 4. The van der Waals surface area contributed by atoms with E-state index in [-0.39, 0.29) is 42.3 Å². The molecule has 0 radical (unpaired) electrons. The maximum atomic E-state index is 13.5. The van der Waals surface area contributed by atoms with E-state index >= 15 is 0 Å². The van der Waals surface area contributed by atoms with Gasteiger partial charge >= 0.3 is 5.97 Å². The number of hydrazone groups is 1. The minimum absolute atomic E-state index is 0.0591. The molecule has 5 atom stereocenters. The van der Waals surface area contributed by atoms with E-state index in [0.29, 0.717) is 16.0 Å². The molecule has 2 aromatic carbocycles. The fraction of sp³-hybridized carbons (Fsp3) is 0.367. The Hall–Kier alpha value is -2.89. The first-order valence-electron chi connectivity index (χ1n) is 12.9. The lowest BCUT2D eigenvalue weighted by Crippen LogP contribution is -2.35. The lowest BCUT2D eigenvalue weighted by molar-refractivity contribution is -0.157. The number of benzene rings is 2. The second-order valence-corrected chi connectivity index (χ2v) is 11.3. The van der Waals surface area contributed by atoms with Crippen LogP contribution in [0.25, 0.3) is 6.08 Å². The molecule has 2 fully saturated rings. The number of esters is 1. The van der Waals surface area contributed by atoms with E-state index in [2.05, 4.69) is 18.2 Å². The maximum Gasteiger partial charge on any atom is 0.310 e. The average molecular weight is 535 g/mol. The van der Waals surface area contributed by atoms with Crippen molar-refractivity contribution < 1.29 is 14.3 Å². The Morgan fingerprint density at radius 3 is 2.41 bits per heavy atom. The summed E-state index contributed by atoms with van der Waals surface area (Å²) in [6, 6.07) is 15.0. The van der Waals surface area contributed by atoms with Gasteiger partial charge in [0.05, 0.1) is 17.7 Å². The fourth-order valence-corrected chi connectivity index (χ4v) is 6.57. The highest BCUT2D eigenvalue weighted by atomic mass is 35.5. The van der Waals surface area contributed by atoms with Crippen LogP contribution < -0.4 is 0 Å². The van der Waals surface area contributed by atoms with Crippen molar-refractivity contribution in [3.8, 4) is 0 Å². The molecule has 2 bridgehead atoms. The quantitative estimate of drug-likeness (QED) is 0.310. The van der Waals surface area contributed by atoms with E-state index in [9.17, 15) is 9.59 Å². The Bertz CT molecular complexity index is 1300. The molecule has 0 spiro atoms. The average Bonchev–Trinajstić information content (AvgIpc) is 3.64. The second kappa shape index (κ2) is 10.1. The largest absolute Gasteiger partial charge is 0.455 e. The predicted molar refractivity (Wildman–Crippen MR) is 145 cm³/mol. The van der Waals surface area contributed by atoms with Crippen LogP contribution in [0.15, 0.2) is 71.4 Å². The molecule has 2 aromatic rings. The molecule has 1 aliphatic heterocycles. The highest BCUT2D eigenvalue weighted by Crippen LogP contribution is 2.45. The Morgan fingerprint density at radius 2 is 1.73 bits per heavy atom. The second-order valence-electron chi connectivity index (χ2n) is 10.4. The molecule has 37 heavy (non-hydrogen) atoms. The molecule has 0 saturated heterocycles. The van der Waals surface area contributed by atoms with Gasteiger partial charge in [-0.25, -0.2) is 5.01 Å². The van der Waals surface area contributed by atoms with Crippen LogP contribution in [0.3, 0.4) is 0 Å². The summed E-state index contributed by atoms with van der Waals surface area (Å²) in [5.41, 5.74) is 4.07. The van der Waals surface area contributed by atoms with Crippen LogP contribution in [0, 0.1) is 23.7 Å². The summed E-state index contributed by atoms with van der Waals surface area (Å²) in [5.74, 6) is 0.0389. The maximum absolute atomic E-state index is 13.5. The summed E-state index contributed by atoms with van der Waals surface area (Å²) in [5, 5.41) is 7.74. The molecule has 0 aromatic heterocycles. The summed E-state index contributed by atoms with van der Waals surface area (Å²) in [7, 11) is 0. The lowest BCUT2D eigenvalue weighted by atomic mass is 9.77. The summed E-state index contributed by atoms with van der Waals surface area (Å²) in [6.45, 7) is -0.305. The van der Waals surface area contributed by atoms with Gasteiger partial charge in [-0.2, -0.15) is 5.10 Å². The van der Waals surface area contributed by atoms with Crippen LogP contribution in [0.4, 0.5) is 0 Å². The van der Waals surface area contributed by atoms with Gasteiger partial charge in [-0.1, -0.05) is 59.6 Å². The van der Waals surface area contributed by atoms with Crippen molar-refractivity contribution in [2.24, 2.45) is 28.8 Å². The Morgan fingerprint density at radius 1 is 1.00 bits per heavy atom. The first-order valence-corrected chi connectivity index (χ1v) is 13.7. The number of carbonyl (C=O) groups excluding carboxylic acids is 2.